The van der Waals surface area contributed by atoms with Crippen molar-refractivity contribution in [2.24, 2.45) is 5.41 Å². The van der Waals surface area contributed by atoms with E-state index in [9.17, 15) is 0 Å². The first kappa shape index (κ1) is 14.6. The predicted molar refractivity (Wildman–Crippen MR) is 81.7 cm³/mol. The van der Waals surface area contributed by atoms with Crippen LogP contribution in [0.4, 0.5) is 0 Å². The van der Waals surface area contributed by atoms with E-state index in [4.69, 9.17) is 4.74 Å². The van der Waals surface area contributed by atoms with Gasteiger partial charge in [-0.1, -0.05) is 20.8 Å². The van der Waals surface area contributed by atoms with Crippen molar-refractivity contribution >= 4 is 0 Å². The first-order chi connectivity index (χ1) is 9.49. The second kappa shape index (κ2) is 6.09. The minimum Gasteiger partial charge on any atom is -0.496 e. The van der Waals surface area contributed by atoms with Crippen molar-refractivity contribution in [1.82, 2.24) is 15.3 Å². The molecular weight excluding hydrogens is 250 g/mol. The van der Waals surface area contributed by atoms with Gasteiger partial charge in [0.2, 0.25) is 0 Å². The smallest absolute Gasteiger partial charge is 0.137 e. The van der Waals surface area contributed by atoms with Gasteiger partial charge in [0.1, 0.15) is 11.6 Å². The average Bonchev–Trinajstić information content (AvgIpc) is 2.91. The van der Waals surface area contributed by atoms with Crippen molar-refractivity contribution in [2.45, 2.75) is 27.3 Å². The molecule has 1 aromatic heterocycles. The quantitative estimate of drug-likeness (QED) is 0.879. The third kappa shape index (κ3) is 3.84. The molecule has 2 rings (SSSR count). The van der Waals surface area contributed by atoms with E-state index in [0.29, 0.717) is 0 Å². The van der Waals surface area contributed by atoms with Crippen LogP contribution in [0.15, 0.2) is 30.6 Å². The predicted octanol–water partition coefficient (Wildman–Crippen LogP) is 3.22. The average molecular weight is 273 g/mol. The molecule has 108 valence electrons. The van der Waals surface area contributed by atoms with E-state index in [-0.39, 0.29) is 5.41 Å². The second-order valence-electron chi connectivity index (χ2n) is 6.13. The lowest BCUT2D eigenvalue weighted by Crippen LogP contribution is -2.26. The summed E-state index contributed by atoms with van der Waals surface area (Å²) >= 11 is 0. The Morgan fingerprint density at radius 2 is 2.10 bits per heavy atom. The van der Waals surface area contributed by atoms with Crippen LogP contribution in [0.1, 0.15) is 26.3 Å². The summed E-state index contributed by atoms with van der Waals surface area (Å²) in [7, 11) is 1.70. The highest BCUT2D eigenvalue weighted by Gasteiger charge is 2.11. The fourth-order valence-electron chi connectivity index (χ4n) is 2.06. The highest BCUT2D eigenvalue weighted by Crippen LogP contribution is 2.24. The number of H-pyrrole nitrogens is 1. The second-order valence-corrected chi connectivity index (χ2v) is 6.13. The number of imidazole rings is 1. The summed E-state index contributed by atoms with van der Waals surface area (Å²) in [5, 5.41) is 3.48. The zero-order chi connectivity index (χ0) is 14.6. The molecule has 0 aliphatic carbocycles. The summed E-state index contributed by atoms with van der Waals surface area (Å²) in [6.45, 7) is 8.40. The summed E-state index contributed by atoms with van der Waals surface area (Å²) in [6, 6.07) is 6.13. The molecule has 0 saturated heterocycles. The lowest BCUT2D eigenvalue weighted by Gasteiger charge is -2.19. The molecule has 0 fully saturated rings. The Labute approximate surface area is 120 Å². The minimum atomic E-state index is 0.270. The SMILES string of the molecule is COc1ccc(-c2ncc[nH]2)cc1CNCC(C)(C)C. The van der Waals surface area contributed by atoms with E-state index < -0.39 is 0 Å². The molecule has 0 aliphatic heterocycles. The summed E-state index contributed by atoms with van der Waals surface area (Å²) in [5.74, 6) is 1.78. The van der Waals surface area contributed by atoms with E-state index in [2.05, 4.69) is 42.1 Å². The third-order valence-electron chi connectivity index (χ3n) is 3.02. The minimum absolute atomic E-state index is 0.270. The Balaban J connectivity index is 2.15. The summed E-state index contributed by atoms with van der Waals surface area (Å²) in [6.07, 6.45) is 3.59. The molecule has 0 radical (unpaired) electrons. The summed E-state index contributed by atoms with van der Waals surface area (Å²) in [5.41, 5.74) is 2.49. The van der Waals surface area contributed by atoms with Crippen LogP contribution in [-0.2, 0) is 6.54 Å². The molecule has 0 atom stereocenters. The molecule has 0 bridgehead atoms. The highest BCUT2D eigenvalue weighted by atomic mass is 16.5. The fraction of sp³-hybridized carbons (Fsp3) is 0.438. The van der Waals surface area contributed by atoms with E-state index in [1.165, 1.54) is 0 Å². The van der Waals surface area contributed by atoms with Crippen LogP contribution in [-0.4, -0.2) is 23.6 Å². The lowest BCUT2D eigenvalue weighted by molar-refractivity contribution is 0.373. The van der Waals surface area contributed by atoms with Crippen LogP contribution in [0.2, 0.25) is 0 Å². The van der Waals surface area contributed by atoms with Gasteiger partial charge in [0, 0.05) is 36.6 Å². The monoisotopic (exact) mass is 273 g/mol. The van der Waals surface area contributed by atoms with Gasteiger partial charge in [-0.3, -0.25) is 0 Å². The van der Waals surface area contributed by atoms with Crippen molar-refractivity contribution in [2.75, 3.05) is 13.7 Å². The van der Waals surface area contributed by atoms with Gasteiger partial charge in [-0.25, -0.2) is 4.98 Å². The molecule has 20 heavy (non-hydrogen) atoms. The van der Waals surface area contributed by atoms with Crippen LogP contribution in [0.25, 0.3) is 11.4 Å². The van der Waals surface area contributed by atoms with Gasteiger partial charge in [0.05, 0.1) is 7.11 Å². The van der Waals surface area contributed by atoms with E-state index in [0.717, 1.165) is 35.8 Å². The molecule has 4 nitrogen and oxygen atoms in total. The molecular formula is C16H23N3O. The maximum atomic E-state index is 5.43. The van der Waals surface area contributed by atoms with Gasteiger partial charge < -0.3 is 15.0 Å². The normalized spacial score (nSPS) is 11.6. The Kier molecular flexibility index (Phi) is 4.45. The summed E-state index contributed by atoms with van der Waals surface area (Å²) in [4.78, 5) is 7.41. The molecule has 2 aromatic rings. The first-order valence-electron chi connectivity index (χ1n) is 6.87. The fourth-order valence-corrected chi connectivity index (χ4v) is 2.06. The van der Waals surface area contributed by atoms with E-state index in [1.807, 2.05) is 18.3 Å². The molecule has 0 unspecified atom stereocenters. The number of benzene rings is 1. The molecule has 0 saturated carbocycles. The zero-order valence-corrected chi connectivity index (χ0v) is 12.7. The van der Waals surface area contributed by atoms with Crippen molar-refractivity contribution in [3.8, 4) is 17.1 Å². The van der Waals surface area contributed by atoms with Gasteiger partial charge in [0.25, 0.3) is 0 Å². The number of nitrogens with zero attached hydrogens (tertiary/aromatic N) is 1. The number of aromatic amines is 1. The lowest BCUT2D eigenvalue weighted by atomic mass is 9.97. The van der Waals surface area contributed by atoms with Gasteiger partial charge in [0.15, 0.2) is 0 Å². The number of ether oxygens (including phenoxy) is 1. The van der Waals surface area contributed by atoms with Gasteiger partial charge >= 0.3 is 0 Å². The van der Waals surface area contributed by atoms with Crippen molar-refractivity contribution in [3.63, 3.8) is 0 Å². The van der Waals surface area contributed by atoms with Crippen LogP contribution in [0.5, 0.6) is 5.75 Å². The van der Waals surface area contributed by atoms with Crippen LogP contribution in [0, 0.1) is 5.41 Å². The number of hydrogen-bond acceptors (Lipinski definition) is 3. The number of nitrogens with one attached hydrogen (secondary N) is 2. The Morgan fingerprint density at radius 1 is 1.30 bits per heavy atom. The van der Waals surface area contributed by atoms with Crippen molar-refractivity contribution in [1.29, 1.82) is 0 Å². The van der Waals surface area contributed by atoms with Crippen LogP contribution in [0.3, 0.4) is 0 Å². The summed E-state index contributed by atoms with van der Waals surface area (Å²) < 4.78 is 5.43. The largest absolute Gasteiger partial charge is 0.496 e. The molecule has 4 heteroatoms. The van der Waals surface area contributed by atoms with Gasteiger partial charge in [-0.2, -0.15) is 0 Å². The molecule has 0 spiro atoms. The van der Waals surface area contributed by atoms with E-state index in [1.54, 1.807) is 13.3 Å². The van der Waals surface area contributed by atoms with Crippen molar-refractivity contribution in [3.05, 3.63) is 36.2 Å². The Hall–Kier alpha value is -1.81. The number of rotatable bonds is 5. The zero-order valence-electron chi connectivity index (χ0n) is 12.7. The molecule has 1 heterocycles. The van der Waals surface area contributed by atoms with Crippen LogP contribution < -0.4 is 10.1 Å². The number of aromatic nitrogens is 2. The Morgan fingerprint density at radius 3 is 2.70 bits per heavy atom. The molecule has 0 aliphatic rings. The molecule has 1 aromatic carbocycles. The van der Waals surface area contributed by atoms with Gasteiger partial charge in [-0.15, -0.1) is 0 Å². The maximum absolute atomic E-state index is 5.43. The van der Waals surface area contributed by atoms with E-state index >= 15 is 0 Å². The number of methoxy groups -OCH3 is 1. The topological polar surface area (TPSA) is 49.9 Å². The maximum Gasteiger partial charge on any atom is 0.137 e. The third-order valence-corrected chi connectivity index (χ3v) is 3.02. The van der Waals surface area contributed by atoms with Crippen molar-refractivity contribution < 1.29 is 4.74 Å². The first-order valence-corrected chi connectivity index (χ1v) is 6.87. The Bertz CT molecular complexity index is 541. The highest BCUT2D eigenvalue weighted by molar-refractivity contribution is 5.58. The molecule has 0 amide bonds. The number of hydrogen-bond donors (Lipinski definition) is 2. The standard InChI is InChI=1S/C16H23N3O/c1-16(2,3)11-17-10-13-9-12(5-6-14(13)20-4)15-18-7-8-19-15/h5-9,17H,10-11H2,1-4H3,(H,18,19). The van der Waals surface area contributed by atoms with Crippen LogP contribution >= 0.6 is 0 Å². The molecule has 2 N–H and O–H groups in total. The van der Waals surface area contributed by atoms with Gasteiger partial charge in [-0.05, 0) is 23.6 Å².